The van der Waals surface area contributed by atoms with Crippen LogP contribution in [0.1, 0.15) is 47.5 Å². The smallest absolute Gasteiger partial charge is 0.249 e. The summed E-state index contributed by atoms with van der Waals surface area (Å²) in [5.74, 6) is -1.81. The Labute approximate surface area is 202 Å². The Bertz CT molecular complexity index is 884. The van der Waals surface area contributed by atoms with Crippen molar-refractivity contribution in [3.63, 3.8) is 0 Å². The number of rotatable bonds is 7. The zero-order valence-electron chi connectivity index (χ0n) is 21.0. The molecule has 0 saturated carbocycles. The molecule has 1 spiro atoms. The molecule has 6 atom stereocenters. The second-order valence-corrected chi connectivity index (χ2v) is 10.8. The number of amides is 3. The highest BCUT2D eigenvalue weighted by Crippen LogP contribution is 2.54. The Morgan fingerprint density at radius 1 is 1.09 bits per heavy atom. The summed E-state index contributed by atoms with van der Waals surface area (Å²) in [5.41, 5.74) is -1.23. The van der Waals surface area contributed by atoms with Crippen LogP contribution in [-0.2, 0) is 19.1 Å². The number of aliphatic hydroxyl groups excluding tert-OH is 1. The highest BCUT2D eigenvalue weighted by molar-refractivity contribution is 6.00. The van der Waals surface area contributed by atoms with Crippen molar-refractivity contribution in [2.45, 2.75) is 77.3 Å². The quantitative estimate of drug-likeness (QED) is 0.567. The number of carbonyl (C=O) groups excluding carboxylic acids is 3. The number of ether oxygens (including phenoxy) is 1. The number of aliphatic hydroxyl groups is 1. The molecule has 0 aliphatic carbocycles. The van der Waals surface area contributed by atoms with Crippen LogP contribution in [0.5, 0.6) is 0 Å². The molecule has 3 amide bonds. The molecule has 4 aliphatic rings. The van der Waals surface area contributed by atoms with Crippen molar-refractivity contribution in [2.24, 2.45) is 17.8 Å². The average Bonchev–Trinajstić information content (AvgIpc) is 3.10. The van der Waals surface area contributed by atoms with Gasteiger partial charge in [-0.2, -0.15) is 0 Å². The Morgan fingerprint density at radius 3 is 2.44 bits per heavy atom. The molecule has 2 saturated heterocycles. The van der Waals surface area contributed by atoms with Crippen molar-refractivity contribution in [3.8, 4) is 0 Å². The predicted molar refractivity (Wildman–Crippen MR) is 128 cm³/mol. The van der Waals surface area contributed by atoms with Crippen LogP contribution in [0.2, 0.25) is 0 Å². The van der Waals surface area contributed by atoms with Crippen molar-refractivity contribution in [2.75, 3.05) is 26.2 Å². The summed E-state index contributed by atoms with van der Waals surface area (Å²) in [6.45, 7) is 11.3. The van der Waals surface area contributed by atoms with Gasteiger partial charge in [-0.05, 0) is 32.6 Å². The zero-order valence-corrected chi connectivity index (χ0v) is 21.0. The van der Waals surface area contributed by atoms with Crippen LogP contribution in [-0.4, -0.2) is 93.6 Å². The van der Waals surface area contributed by atoms with Crippen molar-refractivity contribution in [1.29, 1.82) is 0 Å². The molecule has 0 radical (unpaired) electrons. The van der Waals surface area contributed by atoms with E-state index in [4.69, 9.17) is 4.74 Å². The summed E-state index contributed by atoms with van der Waals surface area (Å²) in [4.78, 5) is 47.0. The normalized spacial score (nSPS) is 34.0. The lowest BCUT2D eigenvalue weighted by Gasteiger charge is -2.39. The maximum atomic E-state index is 14.2. The summed E-state index contributed by atoms with van der Waals surface area (Å²) in [6.07, 6.45) is 8.41. The summed E-state index contributed by atoms with van der Waals surface area (Å²) >= 11 is 0. The van der Waals surface area contributed by atoms with E-state index in [0.717, 1.165) is 6.42 Å². The summed E-state index contributed by atoms with van der Waals surface area (Å²) in [5, 5.41) is 10.3. The summed E-state index contributed by atoms with van der Waals surface area (Å²) in [7, 11) is 0. The molecule has 1 unspecified atom stereocenters. The third-order valence-corrected chi connectivity index (χ3v) is 7.68. The van der Waals surface area contributed by atoms with Crippen molar-refractivity contribution in [3.05, 3.63) is 24.3 Å². The first kappa shape index (κ1) is 24.9. The van der Waals surface area contributed by atoms with E-state index in [1.54, 1.807) is 14.7 Å². The molecule has 1 N–H and O–H groups in total. The molecule has 4 aliphatic heterocycles. The largest absolute Gasteiger partial charge is 0.394 e. The molecule has 4 rings (SSSR count). The van der Waals surface area contributed by atoms with Gasteiger partial charge in [0.2, 0.25) is 17.7 Å². The fraction of sp³-hybridized carbons (Fsp3) is 0.731. The van der Waals surface area contributed by atoms with Crippen LogP contribution < -0.4 is 0 Å². The van der Waals surface area contributed by atoms with Gasteiger partial charge >= 0.3 is 0 Å². The number of hydrogen-bond donors (Lipinski definition) is 1. The molecule has 0 bridgehead atoms. The number of carbonyl (C=O) groups is 3. The molecular formula is C26H39N3O5. The van der Waals surface area contributed by atoms with Crippen LogP contribution in [0, 0.1) is 17.8 Å². The van der Waals surface area contributed by atoms with Gasteiger partial charge in [0.15, 0.2) is 0 Å². The van der Waals surface area contributed by atoms with E-state index in [-0.39, 0.29) is 36.3 Å². The Morgan fingerprint density at radius 2 is 1.82 bits per heavy atom. The summed E-state index contributed by atoms with van der Waals surface area (Å²) < 4.78 is 6.62. The van der Waals surface area contributed by atoms with Crippen LogP contribution in [0.15, 0.2) is 24.3 Å². The van der Waals surface area contributed by atoms with E-state index < -0.39 is 35.6 Å². The van der Waals surface area contributed by atoms with Gasteiger partial charge in [0, 0.05) is 25.7 Å². The van der Waals surface area contributed by atoms with Gasteiger partial charge in [0.05, 0.1) is 30.6 Å². The third-order valence-electron chi connectivity index (χ3n) is 7.68. The SMILES string of the molecule is CCCN1CC=C[C@H]2O[C@]34C=CCN(C(C)C)C(=O)C3N([C@@H](CO)CC(C)C)C(=O)[C@@H]4[C@H]2C1=O. The van der Waals surface area contributed by atoms with Crippen LogP contribution in [0.4, 0.5) is 0 Å². The number of hydrogen-bond acceptors (Lipinski definition) is 5. The summed E-state index contributed by atoms with van der Waals surface area (Å²) in [6, 6.07) is -1.49. The Balaban J connectivity index is 1.85. The predicted octanol–water partition coefficient (Wildman–Crippen LogP) is 1.59. The minimum absolute atomic E-state index is 0.0607. The minimum atomic E-state index is -1.23. The van der Waals surface area contributed by atoms with E-state index >= 15 is 0 Å². The minimum Gasteiger partial charge on any atom is -0.394 e. The first-order chi connectivity index (χ1) is 16.2. The number of nitrogens with zero attached hydrogens (tertiary/aromatic N) is 3. The average molecular weight is 474 g/mol. The molecule has 8 heteroatoms. The molecule has 0 aromatic heterocycles. The van der Waals surface area contributed by atoms with E-state index in [9.17, 15) is 19.5 Å². The molecule has 8 nitrogen and oxygen atoms in total. The van der Waals surface area contributed by atoms with Crippen LogP contribution >= 0.6 is 0 Å². The van der Waals surface area contributed by atoms with Crippen LogP contribution in [0.3, 0.4) is 0 Å². The maximum Gasteiger partial charge on any atom is 0.249 e. The molecule has 188 valence electrons. The zero-order chi connectivity index (χ0) is 24.8. The Hall–Kier alpha value is -2.19. The molecule has 0 aromatic rings. The third kappa shape index (κ3) is 3.79. The van der Waals surface area contributed by atoms with Gasteiger partial charge in [-0.3, -0.25) is 14.4 Å². The van der Waals surface area contributed by atoms with Gasteiger partial charge in [0.1, 0.15) is 11.6 Å². The first-order valence-electron chi connectivity index (χ1n) is 12.7. The lowest BCUT2D eigenvalue weighted by molar-refractivity contribution is -0.152. The van der Waals surface area contributed by atoms with Gasteiger partial charge in [-0.25, -0.2) is 0 Å². The van der Waals surface area contributed by atoms with Crippen molar-refractivity contribution < 1.29 is 24.2 Å². The van der Waals surface area contributed by atoms with E-state index in [0.29, 0.717) is 26.1 Å². The van der Waals surface area contributed by atoms with E-state index in [1.807, 2.05) is 58.9 Å². The second-order valence-electron chi connectivity index (χ2n) is 10.8. The van der Waals surface area contributed by atoms with Gasteiger partial charge in [0.25, 0.3) is 0 Å². The van der Waals surface area contributed by atoms with Crippen LogP contribution in [0.25, 0.3) is 0 Å². The van der Waals surface area contributed by atoms with E-state index in [1.165, 1.54) is 0 Å². The number of fused-ring (bicyclic) bond motifs is 2. The highest BCUT2D eigenvalue weighted by Gasteiger charge is 2.72. The molecule has 34 heavy (non-hydrogen) atoms. The second kappa shape index (κ2) is 9.46. The lowest BCUT2D eigenvalue weighted by atomic mass is 9.77. The molecule has 0 aromatic carbocycles. The monoisotopic (exact) mass is 473 g/mol. The van der Waals surface area contributed by atoms with Crippen molar-refractivity contribution in [1.82, 2.24) is 14.7 Å². The van der Waals surface area contributed by atoms with Gasteiger partial charge < -0.3 is 24.5 Å². The lowest BCUT2D eigenvalue weighted by Crippen LogP contribution is -2.59. The first-order valence-corrected chi connectivity index (χ1v) is 12.7. The topological polar surface area (TPSA) is 90.4 Å². The molecule has 4 heterocycles. The van der Waals surface area contributed by atoms with Crippen molar-refractivity contribution >= 4 is 17.7 Å². The molecule has 2 fully saturated rings. The maximum absolute atomic E-state index is 14.2. The highest BCUT2D eigenvalue weighted by atomic mass is 16.5. The Kier molecular flexibility index (Phi) is 6.93. The fourth-order valence-electron chi connectivity index (χ4n) is 6.30. The van der Waals surface area contributed by atoms with Gasteiger partial charge in [-0.1, -0.05) is 45.1 Å². The fourth-order valence-corrected chi connectivity index (χ4v) is 6.30. The van der Waals surface area contributed by atoms with E-state index in [2.05, 4.69) is 0 Å². The number of likely N-dealkylation sites (tertiary alicyclic amines) is 1. The standard InChI is InChI=1S/C26H39N3O5/c1-6-11-27-12-7-9-19-20(23(27)31)21-24(32)29(18(15-30)14-16(2)3)22-25(33)28(17(4)5)13-8-10-26(21,22)34-19/h7-10,16-22,30H,6,11-15H2,1-5H3/t18-,19-,20+,21+,22?,26+/m1/s1. The molecular weight excluding hydrogens is 434 g/mol. The van der Waals surface area contributed by atoms with Gasteiger partial charge in [-0.15, -0.1) is 0 Å².